The zero-order valence-electron chi connectivity index (χ0n) is 19.2. The fourth-order valence-electron chi connectivity index (χ4n) is 4.08. The number of hydrogen-bond acceptors (Lipinski definition) is 8. The maximum absolute atomic E-state index is 12.8. The molecule has 10 nitrogen and oxygen atoms in total. The van der Waals surface area contributed by atoms with Crippen molar-refractivity contribution in [3.05, 3.63) is 64.8 Å². The molecule has 1 aliphatic heterocycles. The number of nitrogens with zero attached hydrogens (tertiary/aromatic N) is 5. The highest BCUT2D eigenvalue weighted by atomic mass is 35.5. The van der Waals surface area contributed by atoms with E-state index >= 15 is 0 Å². The Bertz CT molecular complexity index is 1380. The molecule has 1 aliphatic rings. The maximum Gasteiger partial charge on any atom is 0.342 e. The second-order valence-corrected chi connectivity index (χ2v) is 8.93. The maximum atomic E-state index is 12.8. The molecular formula is C24H25ClN6O4. The van der Waals surface area contributed by atoms with Crippen LogP contribution in [-0.4, -0.2) is 82.7 Å². The first-order chi connectivity index (χ1) is 17.0. The van der Waals surface area contributed by atoms with Gasteiger partial charge in [0.1, 0.15) is 29.1 Å². The third-order valence-corrected chi connectivity index (χ3v) is 6.25. The minimum atomic E-state index is -0.492. The molecule has 3 aromatic heterocycles. The Labute approximate surface area is 206 Å². The Morgan fingerprint density at radius 3 is 2.83 bits per heavy atom. The summed E-state index contributed by atoms with van der Waals surface area (Å²) in [6.45, 7) is 4.99. The van der Waals surface area contributed by atoms with Gasteiger partial charge >= 0.3 is 5.97 Å². The first-order valence-corrected chi connectivity index (χ1v) is 11.7. The number of furan rings is 1. The van der Waals surface area contributed by atoms with E-state index in [2.05, 4.69) is 32.2 Å². The molecule has 0 bridgehead atoms. The van der Waals surface area contributed by atoms with Gasteiger partial charge in [-0.15, -0.1) is 0 Å². The molecule has 4 heterocycles. The molecule has 0 atom stereocenters. The standard InChI is InChI=1S/C24H25ClN6O4/c1-29-5-7-30(8-6-29)9-10-34-24(33)19-13-17(25)11-16-12-18(35-21(16)19)14-27-23(32)20-15-28-31-4-2-3-26-22(20)31/h2-4,11-13,15H,5-10,14H2,1H3,(H,27,32). The summed E-state index contributed by atoms with van der Waals surface area (Å²) in [5, 5.41) is 7.99. The molecule has 0 unspecified atom stereocenters. The lowest BCUT2D eigenvalue weighted by molar-refractivity contribution is 0.0433. The van der Waals surface area contributed by atoms with Crippen molar-refractivity contribution in [3.63, 3.8) is 0 Å². The van der Waals surface area contributed by atoms with Crippen LogP contribution in [0.4, 0.5) is 0 Å². The number of carbonyl (C=O) groups excluding carboxylic acids is 2. The molecule has 0 aliphatic carbocycles. The van der Waals surface area contributed by atoms with Gasteiger partial charge in [0.15, 0.2) is 5.65 Å². The van der Waals surface area contributed by atoms with Crippen molar-refractivity contribution < 1.29 is 18.7 Å². The second-order valence-electron chi connectivity index (χ2n) is 8.49. The van der Waals surface area contributed by atoms with Gasteiger partial charge in [0.2, 0.25) is 0 Å². The molecule has 1 saturated heterocycles. The summed E-state index contributed by atoms with van der Waals surface area (Å²) < 4.78 is 13.0. The minimum Gasteiger partial charge on any atom is -0.461 e. The van der Waals surface area contributed by atoms with Crippen molar-refractivity contribution in [3.8, 4) is 0 Å². The fourth-order valence-corrected chi connectivity index (χ4v) is 4.30. The van der Waals surface area contributed by atoms with Crippen LogP contribution >= 0.6 is 11.6 Å². The molecule has 5 rings (SSSR count). The number of piperazine rings is 1. The smallest absolute Gasteiger partial charge is 0.342 e. The number of esters is 1. The van der Waals surface area contributed by atoms with Gasteiger partial charge in [-0.25, -0.2) is 14.3 Å². The van der Waals surface area contributed by atoms with Crippen LogP contribution in [0.15, 0.2) is 47.3 Å². The van der Waals surface area contributed by atoms with Crippen LogP contribution in [0.2, 0.25) is 5.02 Å². The first-order valence-electron chi connectivity index (χ1n) is 11.3. The summed E-state index contributed by atoms with van der Waals surface area (Å²) in [7, 11) is 2.10. The molecule has 0 saturated carbocycles. The van der Waals surface area contributed by atoms with Crippen LogP contribution in [0.1, 0.15) is 26.5 Å². The van der Waals surface area contributed by atoms with Crippen molar-refractivity contribution in [2.24, 2.45) is 0 Å². The summed E-state index contributed by atoms with van der Waals surface area (Å²) in [5.74, 6) is -0.346. The lowest BCUT2D eigenvalue weighted by Gasteiger charge is -2.32. The molecule has 1 amide bonds. The molecule has 1 aromatic carbocycles. The predicted molar refractivity (Wildman–Crippen MR) is 130 cm³/mol. The molecule has 0 spiro atoms. The molecule has 182 valence electrons. The summed E-state index contributed by atoms with van der Waals surface area (Å²) in [6, 6.07) is 6.73. The number of amides is 1. The Kier molecular flexibility index (Phi) is 6.67. The number of ether oxygens (including phenoxy) is 1. The van der Waals surface area contributed by atoms with Crippen LogP contribution in [0, 0.1) is 0 Å². The quantitative estimate of drug-likeness (QED) is 0.389. The minimum absolute atomic E-state index is 0.118. The van der Waals surface area contributed by atoms with E-state index in [0.717, 1.165) is 26.2 Å². The molecule has 0 radical (unpaired) electrons. The number of aromatic nitrogens is 3. The van der Waals surface area contributed by atoms with Crippen LogP contribution in [-0.2, 0) is 11.3 Å². The lowest BCUT2D eigenvalue weighted by atomic mass is 10.1. The van der Waals surface area contributed by atoms with Gasteiger partial charge in [-0.3, -0.25) is 9.69 Å². The van der Waals surface area contributed by atoms with E-state index in [0.29, 0.717) is 39.5 Å². The Morgan fingerprint density at radius 2 is 2.00 bits per heavy atom. The van der Waals surface area contributed by atoms with E-state index in [9.17, 15) is 9.59 Å². The average molecular weight is 497 g/mol. The Balaban J connectivity index is 1.25. The van der Waals surface area contributed by atoms with Gasteiger partial charge in [-0.05, 0) is 31.3 Å². The Hall–Kier alpha value is -3.47. The van der Waals surface area contributed by atoms with Gasteiger partial charge in [0.25, 0.3) is 5.91 Å². The Morgan fingerprint density at radius 1 is 1.17 bits per heavy atom. The fraction of sp³-hybridized carbons (Fsp3) is 0.333. The zero-order valence-corrected chi connectivity index (χ0v) is 20.0. The summed E-state index contributed by atoms with van der Waals surface area (Å²) in [4.78, 5) is 34.2. The number of nitrogens with one attached hydrogen (secondary N) is 1. The van der Waals surface area contributed by atoms with E-state index in [1.807, 2.05) is 0 Å². The van der Waals surface area contributed by atoms with Crippen LogP contribution < -0.4 is 5.32 Å². The van der Waals surface area contributed by atoms with Gasteiger partial charge in [0.05, 0.1) is 12.7 Å². The third-order valence-electron chi connectivity index (χ3n) is 6.04. The van der Waals surface area contributed by atoms with Crippen molar-refractivity contribution in [2.75, 3.05) is 46.4 Å². The zero-order chi connectivity index (χ0) is 24.4. The summed E-state index contributed by atoms with van der Waals surface area (Å²) in [5.41, 5.74) is 1.45. The van der Waals surface area contributed by atoms with Crippen molar-refractivity contribution >= 4 is 40.1 Å². The number of likely N-dealkylation sites (N-methyl/N-ethyl adjacent to an activating group) is 1. The molecule has 4 aromatic rings. The summed E-state index contributed by atoms with van der Waals surface area (Å²) >= 11 is 6.25. The van der Waals surface area contributed by atoms with Gasteiger partial charge in [0, 0.05) is 55.5 Å². The number of fused-ring (bicyclic) bond motifs is 2. The van der Waals surface area contributed by atoms with Crippen LogP contribution in [0.5, 0.6) is 0 Å². The number of halogens is 1. The number of benzene rings is 1. The molecular weight excluding hydrogens is 472 g/mol. The van der Waals surface area contributed by atoms with Gasteiger partial charge < -0.3 is 19.4 Å². The SMILES string of the molecule is CN1CCN(CCOC(=O)c2cc(Cl)cc3cc(CNC(=O)c4cnn5cccnc45)oc23)CC1. The topological polar surface area (TPSA) is 105 Å². The number of carbonyl (C=O) groups is 2. The highest BCUT2D eigenvalue weighted by Crippen LogP contribution is 2.28. The van der Waals surface area contributed by atoms with Crippen LogP contribution in [0.25, 0.3) is 16.6 Å². The van der Waals surface area contributed by atoms with Crippen LogP contribution in [0.3, 0.4) is 0 Å². The molecule has 1 fully saturated rings. The van der Waals surface area contributed by atoms with E-state index < -0.39 is 5.97 Å². The first kappa shape index (κ1) is 23.3. The van der Waals surface area contributed by atoms with E-state index in [-0.39, 0.29) is 24.6 Å². The normalized spacial score (nSPS) is 15.0. The average Bonchev–Trinajstić information content (AvgIpc) is 3.47. The molecule has 11 heteroatoms. The molecule has 35 heavy (non-hydrogen) atoms. The predicted octanol–water partition coefficient (Wildman–Crippen LogP) is 2.46. The highest BCUT2D eigenvalue weighted by molar-refractivity contribution is 6.32. The monoisotopic (exact) mass is 496 g/mol. The number of rotatable bonds is 7. The van der Waals surface area contributed by atoms with Crippen molar-refractivity contribution in [2.45, 2.75) is 6.54 Å². The van der Waals surface area contributed by atoms with E-state index in [1.54, 1.807) is 36.7 Å². The second kappa shape index (κ2) is 10.0. The van der Waals surface area contributed by atoms with Gasteiger partial charge in [-0.1, -0.05) is 11.6 Å². The largest absolute Gasteiger partial charge is 0.461 e. The van der Waals surface area contributed by atoms with E-state index in [4.69, 9.17) is 20.8 Å². The number of hydrogen-bond donors (Lipinski definition) is 1. The molecule has 1 N–H and O–H groups in total. The van der Waals surface area contributed by atoms with Crippen molar-refractivity contribution in [1.82, 2.24) is 29.7 Å². The lowest BCUT2D eigenvalue weighted by Crippen LogP contribution is -2.45. The van der Waals surface area contributed by atoms with Crippen molar-refractivity contribution in [1.29, 1.82) is 0 Å². The summed E-state index contributed by atoms with van der Waals surface area (Å²) in [6.07, 6.45) is 4.78. The third kappa shape index (κ3) is 5.14. The van der Waals surface area contributed by atoms with Gasteiger partial charge in [-0.2, -0.15) is 5.10 Å². The highest BCUT2D eigenvalue weighted by Gasteiger charge is 2.20. The van der Waals surface area contributed by atoms with E-state index in [1.165, 1.54) is 10.7 Å².